The smallest absolute Gasteiger partial charge is 0.269 e. The molecule has 0 fully saturated rings. The molecule has 0 aliphatic rings. The number of methoxy groups -OCH3 is 1. The van der Waals surface area contributed by atoms with Crippen molar-refractivity contribution in [3.63, 3.8) is 0 Å². The third-order valence-corrected chi connectivity index (χ3v) is 4.28. The molecule has 0 aliphatic carbocycles. The van der Waals surface area contributed by atoms with Gasteiger partial charge in [0.1, 0.15) is 11.1 Å². The summed E-state index contributed by atoms with van der Waals surface area (Å²) < 4.78 is 15.8. The fraction of sp³-hybridized carbons (Fsp3) is 0.118. The molecule has 0 bridgehead atoms. The summed E-state index contributed by atoms with van der Waals surface area (Å²) in [6, 6.07) is 11.0. The molecule has 0 radical (unpaired) electrons. The summed E-state index contributed by atoms with van der Waals surface area (Å²) in [7, 11) is 1.52. The molecule has 25 heavy (non-hydrogen) atoms. The van der Waals surface area contributed by atoms with Gasteiger partial charge in [-0.3, -0.25) is 0 Å². The van der Waals surface area contributed by atoms with E-state index in [2.05, 4.69) is 10.1 Å². The topological polar surface area (TPSA) is 81.2 Å². The molecule has 0 aliphatic heterocycles. The number of nitriles is 1. The lowest BCUT2D eigenvalue weighted by molar-refractivity contribution is 0.329. The van der Waals surface area contributed by atoms with Crippen molar-refractivity contribution >= 4 is 34.0 Å². The van der Waals surface area contributed by atoms with Gasteiger partial charge < -0.3 is 14.0 Å². The monoisotopic (exact) mass is 373 g/mol. The van der Waals surface area contributed by atoms with Crippen molar-refractivity contribution in [1.82, 2.24) is 10.1 Å². The molecule has 1 aromatic carbocycles. The maximum atomic E-state index is 8.60. The number of ether oxygens (including phenoxy) is 2. The fourth-order valence-corrected chi connectivity index (χ4v) is 2.89. The van der Waals surface area contributed by atoms with Crippen LogP contribution in [-0.4, -0.2) is 23.9 Å². The van der Waals surface area contributed by atoms with Crippen LogP contribution in [0.25, 0.3) is 21.8 Å². The highest BCUT2D eigenvalue weighted by atomic mass is 35.5. The average molecular weight is 374 g/mol. The van der Waals surface area contributed by atoms with E-state index in [0.717, 1.165) is 10.4 Å². The number of halogens is 1. The van der Waals surface area contributed by atoms with Gasteiger partial charge in [-0.15, -0.1) is 11.3 Å². The molecule has 0 saturated carbocycles. The Hall–Kier alpha value is -2.82. The minimum absolute atomic E-state index is 0.0558. The van der Waals surface area contributed by atoms with Crippen molar-refractivity contribution < 1.29 is 14.0 Å². The van der Waals surface area contributed by atoms with E-state index < -0.39 is 0 Å². The molecule has 0 spiro atoms. The van der Waals surface area contributed by atoms with Crippen molar-refractivity contribution in [3.05, 3.63) is 47.2 Å². The lowest BCUT2D eigenvalue weighted by atomic mass is 10.2. The van der Waals surface area contributed by atoms with Crippen LogP contribution in [-0.2, 0) is 0 Å². The summed E-state index contributed by atoms with van der Waals surface area (Å²) in [4.78, 5) is 5.19. The second-order valence-electron chi connectivity index (χ2n) is 4.75. The molecule has 0 N–H and O–H groups in total. The van der Waals surface area contributed by atoms with Crippen LogP contribution in [0.4, 0.5) is 0 Å². The molecule has 0 saturated heterocycles. The van der Waals surface area contributed by atoms with Gasteiger partial charge in [-0.1, -0.05) is 28.9 Å². The zero-order chi connectivity index (χ0) is 17.6. The Morgan fingerprint density at radius 1 is 1.40 bits per heavy atom. The zero-order valence-corrected chi connectivity index (χ0v) is 14.7. The SMILES string of the molecule is COc1cc(/C=C(\Cl)c2nc(-c3cccs3)no2)ccc1OCC#N. The van der Waals surface area contributed by atoms with Crippen LogP contribution in [0.3, 0.4) is 0 Å². The molecule has 2 heterocycles. The maximum absolute atomic E-state index is 8.60. The normalized spacial score (nSPS) is 11.2. The summed E-state index contributed by atoms with van der Waals surface area (Å²) in [5.41, 5.74) is 0.766. The number of rotatable bonds is 6. The van der Waals surface area contributed by atoms with Crippen LogP contribution >= 0.6 is 22.9 Å². The number of aromatic nitrogens is 2. The van der Waals surface area contributed by atoms with E-state index in [1.54, 1.807) is 24.3 Å². The van der Waals surface area contributed by atoms with Gasteiger partial charge >= 0.3 is 0 Å². The molecular formula is C17H12ClN3O3S. The van der Waals surface area contributed by atoms with Gasteiger partial charge in [0.05, 0.1) is 12.0 Å². The largest absolute Gasteiger partial charge is 0.493 e. The first kappa shape index (κ1) is 17.0. The predicted molar refractivity (Wildman–Crippen MR) is 95.4 cm³/mol. The van der Waals surface area contributed by atoms with Gasteiger partial charge in [-0.05, 0) is 35.2 Å². The standard InChI is InChI=1S/C17H12ClN3O3S/c1-22-14-10-11(4-5-13(14)23-7-6-19)9-12(18)17-20-16(21-24-17)15-3-2-8-25-15/h2-5,8-10H,7H2,1H3/b12-9-. The first-order chi connectivity index (χ1) is 12.2. The van der Waals surface area contributed by atoms with E-state index >= 15 is 0 Å². The molecule has 0 amide bonds. The van der Waals surface area contributed by atoms with Crippen LogP contribution in [0.15, 0.2) is 40.2 Å². The molecule has 3 aromatic rings. The molecule has 6 nitrogen and oxygen atoms in total. The summed E-state index contributed by atoms with van der Waals surface area (Å²) in [5, 5.41) is 14.8. The van der Waals surface area contributed by atoms with Crippen LogP contribution in [0.5, 0.6) is 11.5 Å². The van der Waals surface area contributed by atoms with Gasteiger partial charge in [0.2, 0.25) is 5.82 Å². The van der Waals surface area contributed by atoms with E-state index in [9.17, 15) is 0 Å². The number of hydrogen-bond acceptors (Lipinski definition) is 7. The highest BCUT2D eigenvalue weighted by molar-refractivity contribution is 7.13. The lowest BCUT2D eigenvalue weighted by Crippen LogP contribution is -1.96. The van der Waals surface area contributed by atoms with Crippen LogP contribution in [0.2, 0.25) is 0 Å². The van der Waals surface area contributed by atoms with Crippen LogP contribution in [0.1, 0.15) is 11.5 Å². The zero-order valence-electron chi connectivity index (χ0n) is 13.1. The number of thiophene rings is 1. The summed E-state index contributed by atoms with van der Waals surface area (Å²) in [5.74, 6) is 1.71. The Morgan fingerprint density at radius 3 is 3.00 bits per heavy atom. The summed E-state index contributed by atoms with van der Waals surface area (Å²) in [6.07, 6.45) is 1.68. The fourth-order valence-electron chi connectivity index (χ4n) is 2.04. The van der Waals surface area contributed by atoms with Crippen molar-refractivity contribution in [2.45, 2.75) is 0 Å². The third-order valence-electron chi connectivity index (χ3n) is 3.15. The Morgan fingerprint density at radius 2 is 2.28 bits per heavy atom. The molecular weight excluding hydrogens is 362 g/mol. The van der Waals surface area contributed by atoms with Gasteiger partial charge in [0.15, 0.2) is 18.1 Å². The number of hydrogen-bond donors (Lipinski definition) is 0. The number of nitrogens with zero attached hydrogens (tertiary/aromatic N) is 3. The van der Waals surface area contributed by atoms with Crippen LogP contribution < -0.4 is 9.47 Å². The Balaban J connectivity index is 1.83. The second kappa shape index (κ2) is 7.83. The molecule has 126 valence electrons. The third kappa shape index (κ3) is 3.99. The molecule has 8 heteroatoms. The van der Waals surface area contributed by atoms with Crippen molar-refractivity contribution in [2.24, 2.45) is 0 Å². The quantitative estimate of drug-likeness (QED) is 0.635. The van der Waals surface area contributed by atoms with E-state index in [0.29, 0.717) is 22.4 Å². The molecule has 0 unspecified atom stereocenters. The Bertz CT molecular complexity index is 929. The molecule has 2 aromatic heterocycles. The highest BCUT2D eigenvalue weighted by Crippen LogP contribution is 2.31. The molecule has 0 atom stereocenters. The Labute approximate surface area is 152 Å². The van der Waals surface area contributed by atoms with Gasteiger partial charge in [0.25, 0.3) is 5.89 Å². The Kier molecular flexibility index (Phi) is 5.33. The van der Waals surface area contributed by atoms with Crippen LogP contribution in [0, 0.1) is 11.3 Å². The minimum atomic E-state index is -0.0558. The minimum Gasteiger partial charge on any atom is -0.493 e. The maximum Gasteiger partial charge on any atom is 0.269 e. The first-order valence-corrected chi connectivity index (χ1v) is 8.40. The van der Waals surface area contributed by atoms with Gasteiger partial charge in [-0.25, -0.2) is 0 Å². The van der Waals surface area contributed by atoms with Crippen molar-refractivity contribution in [3.8, 4) is 28.3 Å². The molecule has 3 rings (SSSR count). The summed E-state index contributed by atoms with van der Waals surface area (Å²) in [6.45, 7) is -0.0558. The van der Waals surface area contributed by atoms with Crippen molar-refractivity contribution in [1.29, 1.82) is 5.26 Å². The number of benzene rings is 1. The predicted octanol–water partition coefficient (Wildman–Crippen LogP) is 4.45. The summed E-state index contributed by atoms with van der Waals surface area (Å²) >= 11 is 7.80. The van der Waals surface area contributed by atoms with E-state index in [1.165, 1.54) is 18.4 Å². The van der Waals surface area contributed by atoms with E-state index in [4.69, 9.17) is 30.9 Å². The van der Waals surface area contributed by atoms with E-state index in [1.807, 2.05) is 23.6 Å². The van der Waals surface area contributed by atoms with Gasteiger partial charge in [-0.2, -0.15) is 10.2 Å². The second-order valence-corrected chi connectivity index (χ2v) is 6.10. The van der Waals surface area contributed by atoms with Gasteiger partial charge in [0, 0.05) is 0 Å². The average Bonchev–Trinajstić information content (AvgIpc) is 3.31. The van der Waals surface area contributed by atoms with Crippen molar-refractivity contribution in [2.75, 3.05) is 13.7 Å². The van der Waals surface area contributed by atoms with E-state index in [-0.39, 0.29) is 12.5 Å². The highest BCUT2D eigenvalue weighted by Gasteiger charge is 2.13. The first-order valence-electron chi connectivity index (χ1n) is 7.14. The lowest BCUT2D eigenvalue weighted by Gasteiger charge is -2.08.